The Balaban J connectivity index is 2.48. The first-order valence-electron chi connectivity index (χ1n) is 3.72. The van der Waals surface area contributed by atoms with E-state index in [1.54, 1.807) is 6.92 Å². The van der Waals surface area contributed by atoms with Crippen molar-refractivity contribution in [2.24, 2.45) is 0 Å². The number of hydrogen-bond acceptors (Lipinski definition) is 5. The molecular formula is C6H11FO5S. The highest BCUT2D eigenvalue weighted by atomic mass is 32.3. The van der Waals surface area contributed by atoms with E-state index < -0.39 is 29.3 Å². The fourth-order valence-electron chi connectivity index (χ4n) is 0.878. The summed E-state index contributed by atoms with van der Waals surface area (Å²) in [5, 5.41) is 0. The van der Waals surface area contributed by atoms with E-state index in [0.29, 0.717) is 0 Å². The highest BCUT2D eigenvalue weighted by Gasteiger charge is 2.43. The molecule has 1 heterocycles. The van der Waals surface area contributed by atoms with E-state index in [1.807, 2.05) is 0 Å². The lowest BCUT2D eigenvalue weighted by molar-refractivity contribution is -0.155. The fourth-order valence-corrected chi connectivity index (χ4v) is 2.02. The van der Waals surface area contributed by atoms with Crippen molar-refractivity contribution >= 4 is 16.8 Å². The molecule has 0 saturated carbocycles. The number of alkyl halides is 1. The Morgan fingerprint density at radius 3 is 2.77 bits per heavy atom. The molecule has 7 heteroatoms. The Morgan fingerprint density at radius 2 is 2.38 bits per heavy atom. The topological polar surface area (TPSA) is 76.0 Å². The van der Waals surface area contributed by atoms with Gasteiger partial charge >= 0.3 is 5.97 Å². The van der Waals surface area contributed by atoms with Crippen LogP contribution in [-0.2, 0) is 13.7 Å². The predicted octanol–water partition coefficient (Wildman–Crippen LogP) is 1.30. The van der Waals surface area contributed by atoms with Crippen LogP contribution in [0.4, 0.5) is 4.39 Å². The Morgan fingerprint density at radius 1 is 1.77 bits per heavy atom. The lowest BCUT2D eigenvalue weighted by atomic mass is 10.4. The molecule has 0 amide bonds. The van der Waals surface area contributed by atoms with Crippen LogP contribution in [0.2, 0.25) is 0 Å². The second-order valence-electron chi connectivity index (χ2n) is 2.60. The summed E-state index contributed by atoms with van der Waals surface area (Å²) in [6, 6.07) is 0. The molecule has 2 N–H and O–H groups in total. The molecule has 0 spiro atoms. The second-order valence-corrected chi connectivity index (χ2v) is 4.34. The molecule has 1 fully saturated rings. The third-order valence-electron chi connectivity index (χ3n) is 1.49. The molecule has 0 aromatic heterocycles. The first kappa shape index (κ1) is 10.7. The van der Waals surface area contributed by atoms with Crippen molar-refractivity contribution in [3.8, 4) is 0 Å². The lowest BCUT2D eigenvalue weighted by Gasteiger charge is -2.16. The molecule has 1 aliphatic heterocycles. The van der Waals surface area contributed by atoms with Gasteiger partial charge in [0.2, 0.25) is 0 Å². The van der Waals surface area contributed by atoms with Crippen molar-refractivity contribution in [2.75, 3.05) is 5.75 Å². The molecule has 1 rings (SSSR count). The molecule has 0 aromatic carbocycles. The average Bonchev–Trinajstić information content (AvgIpc) is 2.24. The first-order chi connectivity index (χ1) is 5.94. The van der Waals surface area contributed by atoms with Crippen molar-refractivity contribution in [3.63, 3.8) is 0 Å². The van der Waals surface area contributed by atoms with Gasteiger partial charge in [-0.3, -0.25) is 8.98 Å². The van der Waals surface area contributed by atoms with E-state index in [1.165, 1.54) is 0 Å². The molecule has 1 saturated heterocycles. The molecule has 2 unspecified atom stereocenters. The monoisotopic (exact) mass is 214 g/mol. The third-order valence-corrected chi connectivity index (χ3v) is 2.75. The molecular weight excluding hydrogens is 203 g/mol. The lowest BCUT2D eigenvalue weighted by Crippen LogP contribution is -2.25. The van der Waals surface area contributed by atoms with E-state index in [2.05, 4.69) is 8.92 Å². The van der Waals surface area contributed by atoms with Crippen molar-refractivity contribution in [2.45, 2.75) is 25.8 Å². The normalized spacial score (nSPS) is 34.2. The number of hydrogen-bond donors (Lipinski definition) is 2. The molecule has 1 aliphatic rings. The van der Waals surface area contributed by atoms with Crippen LogP contribution in [0, 0.1) is 0 Å². The minimum Gasteiger partial charge on any atom is -0.455 e. The zero-order chi connectivity index (χ0) is 10.1. The summed E-state index contributed by atoms with van der Waals surface area (Å²) in [5.41, 5.74) is 0. The van der Waals surface area contributed by atoms with Gasteiger partial charge in [0, 0.05) is 6.42 Å². The Hall–Kier alpha value is -0.370. The minimum atomic E-state index is -3.35. The third kappa shape index (κ3) is 2.80. The number of esters is 1. The molecule has 0 aromatic rings. The maximum atomic E-state index is 12.8. The Kier molecular flexibility index (Phi) is 3.12. The average molecular weight is 214 g/mol. The van der Waals surface area contributed by atoms with Crippen LogP contribution < -0.4 is 0 Å². The van der Waals surface area contributed by atoms with Crippen molar-refractivity contribution < 1.29 is 27.2 Å². The standard InChI is InChI=1S/C6H11FO5S/c1-2-5(8)11-4-3-13(9,10)12-6(4)7/h4,6,9-10H,2-3H2,1H3. The Bertz CT molecular complexity index is 209. The van der Waals surface area contributed by atoms with E-state index in [9.17, 15) is 9.18 Å². The van der Waals surface area contributed by atoms with E-state index in [4.69, 9.17) is 9.11 Å². The summed E-state index contributed by atoms with van der Waals surface area (Å²) in [5.74, 6) is -0.978. The largest absolute Gasteiger partial charge is 0.455 e. The SMILES string of the molecule is CCC(=O)OC1CS(O)(O)OC1F. The molecule has 5 nitrogen and oxygen atoms in total. The molecule has 0 bridgehead atoms. The molecule has 0 radical (unpaired) electrons. The molecule has 2 atom stereocenters. The van der Waals surface area contributed by atoms with E-state index in [-0.39, 0.29) is 12.2 Å². The summed E-state index contributed by atoms with van der Waals surface area (Å²) < 4.78 is 39.3. The number of rotatable bonds is 2. The second kappa shape index (κ2) is 3.79. The van der Waals surface area contributed by atoms with Gasteiger partial charge in [0.05, 0.1) is 16.6 Å². The maximum Gasteiger partial charge on any atom is 0.306 e. The molecule has 0 aliphatic carbocycles. The van der Waals surface area contributed by atoms with Gasteiger partial charge in [0.25, 0.3) is 6.36 Å². The summed E-state index contributed by atoms with van der Waals surface area (Å²) in [7, 11) is -3.35. The van der Waals surface area contributed by atoms with Crippen LogP contribution in [0.15, 0.2) is 0 Å². The zero-order valence-electron chi connectivity index (χ0n) is 6.97. The van der Waals surface area contributed by atoms with E-state index >= 15 is 0 Å². The molecule has 13 heavy (non-hydrogen) atoms. The van der Waals surface area contributed by atoms with Gasteiger partial charge < -0.3 is 13.8 Å². The van der Waals surface area contributed by atoms with Gasteiger partial charge in [-0.25, -0.2) is 4.39 Å². The highest BCUT2D eigenvalue weighted by Crippen LogP contribution is 2.49. The van der Waals surface area contributed by atoms with Crippen molar-refractivity contribution in [3.05, 3.63) is 0 Å². The van der Waals surface area contributed by atoms with Crippen LogP contribution in [0.3, 0.4) is 0 Å². The van der Waals surface area contributed by atoms with Crippen LogP contribution in [0.5, 0.6) is 0 Å². The van der Waals surface area contributed by atoms with Crippen molar-refractivity contribution in [1.82, 2.24) is 0 Å². The molecule has 78 valence electrons. The highest BCUT2D eigenvalue weighted by molar-refractivity contribution is 8.20. The number of halogens is 1. The summed E-state index contributed by atoms with van der Waals surface area (Å²) in [4.78, 5) is 10.7. The zero-order valence-corrected chi connectivity index (χ0v) is 7.79. The quantitative estimate of drug-likeness (QED) is 0.677. The van der Waals surface area contributed by atoms with Crippen LogP contribution in [-0.4, -0.2) is 33.3 Å². The summed E-state index contributed by atoms with van der Waals surface area (Å²) in [6.45, 7) is 1.56. The van der Waals surface area contributed by atoms with Crippen molar-refractivity contribution in [1.29, 1.82) is 0 Å². The minimum absolute atomic E-state index is 0.114. The van der Waals surface area contributed by atoms with Gasteiger partial charge in [0.1, 0.15) is 0 Å². The van der Waals surface area contributed by atoms with Gasteiger partial charge in [-0.15, -0.1) is 0 Å². The number of carbonyl (C=O) groups is 1. The van der Waals surface area contributed by atoms with E-state index in [0.717, 1.165) is 0 Å². The Labute approximate surface area is 76.4 Å². The number of carbonyl (C=O) groups excluding carboxylic acids is 1. The van der Waals surface area contributed by atoms with Crippen LogP contribution in [0.1, 0.15) is 13.3 Å². The summed E-state index contributed by atoms with van der Waals surface area (Å²) >= 11 is 0. The fraction of sp³-hybridized carbons (Fsp3) is 0.833. The summed E-state index contributed by atoms with van der Waals surface area (Å²) in [6.07, 6.45) is -3.03. The van der Waals surface area contributed by atoms with Gasteiger partial charge in [-0.1, -0.05) is 6.92 Å². The van der Waals surface area contributed by atoms with Crippen LogP contribution in [0.25, 0.3) is 0 Å². The first-order valence-corrected chi connectivity index (χ1v) is 5.36. The van der Waals surface area contributed by atoms with Crippen LogP contribution >= 0.6 is 10.9 Å². The van der Waals surface area contributed by atoms with Gasteiger partial charge in [-0.05, 0) is 0 Å². The van der Waals surface area contributed by atoms with Gasteiger partial charge in [-0.2, -0.15) is 0 Å². The van der Waals surface area contributed by atoms with Gasteiger partial charge in [0.15, 0.2) is 6.10 Å². The smallest absolute Gasteiger partial charge is 0.306 e. The predicted molar refractivity (Wildman–Crippen MR) is 43.9 cm³/mol. The maximum absolute atomic E-state index is 12.8. The number of ether oxygens (including phenoxy) is 1.